The van der Waals surface area contributed by atoms with Crippen molar-refractivity contribution in [1.82, 2.24) is 5.32 Å². The molecule has 1 aromatic rings. The summed E-state index contributed by atoms with van der Waals surface area (Å²) in [5.74, 6) is -0.814. The van der Waals surface area contributed by atoms with E-state index in [4.69, 9.17) is 5.73 Å². The molecule has 2 amide bonds. The Kier molecular flexibility index (Phi) is 3.27. The van der Waals surface area contributed by atoms with Crippen molar-refractivity contribution in [3.8, 4) is 0 Å². The fourth-order valence-electron chi connectivity index (χ4n) is 1.96. The van der Waals surface area contributed by atoms with Gasteiger partial charge in [-0.1, -0.05) is 12.1 Å². The molecule has 5 nitrogen and oxygen atoms in total. The summed E-state index contributed by atoms with van der Waals surface area (Å²) in [4.78, 5) is 22.5. The highest BCUT2D eigenvalue weighted by Gasteiger charge is 2.17. The predicted octanol–water partition coefficient (Wildman–Crippen LogP) is 0.260. The Balaban J connectivity index is 2.20. The highest BCUT2D eigenvalue weighted by molar-refractivity contribution is 6.01. The average molecular weight is 233 g/mol. The molecule has 90 valence electrons. The third-order valence-corrected chi connectivity index (χ3v) is 2.74. The Labute approximate surface area is 99.4 Å². The van der Waals surface area contributed by atoms with Crippen LogP contribution in [0.25, 0.3) is 0 Å². The molecule has 1 heterocycles. The normalized spacial score (nSPS) is 13.4. The molecular weight excluding hydrogens is 218 g/mol. The molecule has 0 saturated carbocycles. The summed E-state index contributed by atoms with van der Waals surface area (Å²) in [6, 6.07) is 5.60. The van der Waals surface area contributed by atoms with Crippen molar-refractivity contribution >= 4 is 17.5 Å². The number of para-hydroxylation sites is 1. The van der Waals surface area contributed by atoms with Crippen molar-refractivity contribution in [3.63, 3.8) is 0 Å². The van der Waals surface area contributed by atoms with E-state index in [1.165, 1.54) is 0 Å². The van der Waals surface area contributed by atoms with Gasteiger partial charge in [-0.25, -0.2) is 0 Å². The fourth-order valence-corrected chi connectivity index (χ4v) is 1.96. The van der Waals surface area contributed by atoms with Crippen LogP contribution >= 0.6 is 0 Å². The van der Waals surface area contributed by atoms with E-state index in [9.17, 15) is 9.59 Å². The maximum Gasteiger partial charge on any atom is 0.253 e. The number of hydrogen-bond donors (Lipinski definition) is 3. The van der Waals surface area contributed by atoms with E-state index in [1.54, 1.807) is 6.07 Å². The van der Waals surface area contributed by atoms with Gasteiger partial charge < -0.3 is 16.4 Å². The molecule has 17 heavy (non-hydrogen) atoms. The summed E-state index contributed by atoms with van der Waals surface area (Å²) < 4.78 is 0. The third-order valence-electron chi connectivity index (χ3n) is 2.74. The molecule has 0 aromatic heterocycles. The standard InChI is InChI=1S/C12H15N3O2/c13-10(16)7-15-12(17)9-5-1-3-8-4-2-6-14-11(8)9/h1,3,5,14H,2,4,6-7H2,(H2,13,16)(H,15,17). The molecule has 0 spiro atoms. The zero-order valence-corrected chi connectivity index (χ0v) is 9.45. The molecule has 1 aromatic carbocycles. The maximum atomic E-state index is 11.9. The Bertz CT molecular complexity index is 457. The minimum absolute atomic E-state index is 0.136. The summed E-state index contributed by atoms with van der Waals surface area (Å²) in [6.45, 7) is 0.732. The Morgan fingerprint density at radius 2 is 2.24 bits per heavy atom. The van der Waals surface area contributed by atoms with Crippen LogP contribution in [0, 0.1) is 0 Å². The number of amides is 2. The van der Waals surface area contributed by atoms with E-state index in [1.807, 2.05) is 12.1 Å². The summed E-state index contributed by atoms with van der Waals surface area (Å²) in [5, 5.41) is 5.72. The highest BCUT2D eigenvalue weighted by atomic mass is 16.2. The second-order valence-electron chi connectivity index (χ2n) is 4.02. The molecular formula is C12H15N3O2. The van der Waals surface area contributed by atoms with Crippen molar-refractivity contribution in [2.45, 2.75) is 12.8 Å². The van der Waals surface area contributed by atoms with Crippen LogP contribution in [-0.2, 0) is 11.2 Å². The number of aryl methyl sites for hydroxylation is 1. The smallest absolute Gasteiger partial charge is 0.253 e. The first-order chi connectivity index (χ1) is 8.18. The Morgan fingerprint density at radius 3 is 3.00 bits per heavy atom. The Hall–Kier alpha value is -2.04. The van der Waals surface area contributed by atoms with Crippen LogP contribution < -0.4 is 16.4 Å². The van der Waals surface area contributed by atoms with Gasteiger partial charge in [0.2, 0.25) is 5.91 Å². The predicted molar refractivity (Wildman–Crippen MR) is 64.8 cm³/mol. The minimum Gasteiger partial charge on any atom is -0.384 e. The lowest BCUT2D eigenvalue weighted by Gasteiger charge is -2.20. The topological polar surface area (TPSA) is 84.2 Å². The SMILES string of the molecule is NC(=O)CNC(=O)c1cccc2c1NCCC2. The molecule has 0 saturated heterocycles. The molecule has 5 heteroatoms. The lowest BCUT2D eigenvalue weighted by atomic mass is 9.99. The second kappa shape index (κ2) is 4.86. The van der Waals surface area contributed by atoms with E-state index in [-0.39, 0.29) is 12.5 Å². The second-order valence-corrected chi connectivity index (χ2v) is 4.02. The average Bonchev–Trinajstić information content (AvgIpc) is 2.35. The van der Waals surface area contributed by atoms with Gasteiger partial charge in [-0.2, -0.15) is 0 Å². The quantitative estimate of drug-likeness (QED) is 0.700. The number of fused-ring (bicyclic) bond motifs is 1. The molecule has 0 atom stereocenters. The highest BCUT2D eigenvalue weighted by Crippen LogP contribution is 2.25. The molecule has 1 aliphatic rings. The van der Waals surface area contributed by atoms with E-state index in [0.29, 0.717) is 5.56 Å². The van der Waals surface area contributed by atoms with Gasteiger partial charge in [-0.3, -0.25) is 9.59 Å². The maximum absolute atomic E-state index is 11.9. The first kappa shape index (κ1) is 11.4. The number of benzene rings is 1. The summed E-state index contributed by atoms with van der Waals surface area (Å²) in [6.07, 6.45) is 2.04. The van der Waals surface area contributed by atoms with Gasteiger partial charge in [0.05, 0.1) is 17.8 Å². The van der Waals surface area contributed by atoms with Crippen LogP contribution in [0.5, 0.6) is 0 Å². The molecule has 2 rings (SSSR count). The van der Waals surface area contributed by atoms with Gasteiger partial charge in [0.15, 0.2) is 0 Å². The minimum atomic E-state index is -0.545. The van der Waals surface area contributed by atoms with E-state index >= 15 is 0 Å². The molecule has 0 bridgehead atoms. The van der Waals surface area contributed by atoms with Crippen molar-refractivity contribution in [3.05, 3.63) is 29.3 Å². The van der Waals surface area contributed by atoms with E-state index in [0.717, 1.165) is 30.6 Å². The van der Waals surface area contributed by atoms with Gasteiger partial charge in [-0.15, -0.1) is 0 Å². The van der Waals surface area contributed by atoms with Gasteiger partial charge in [0, 0.05) is 6.54 Å². The van der Waals surface area contributed by atoms with Crippen molar-refractivity contribution in [2.75, 3.05) is 18.4 Å². The number of carbonyl (C=O) groups is 2. The summed E-state index contributed by atoms with van der Waals surface area (Å²) >= 11 is 0. The molecule has 0 fully saturated rings. The van der Waals surface area contributed by atoms with Gasteiger partial charge in [0.1, 0.15) is 0 Å². The van der Waals surface area contributed by atoms with Gasteiger partial charge in [0.25, 0.3) is 5.91 Å². The zero-order valence-electron chi connectivity index (χ0n) is 9.45. The van der Waals surface area contributed by atoms with Crippen LogP contribution in [0.1, 0.15) is 22.3 Å². The number of nitrogens with two attached hydrogens (primary N) is 1. The van der Waals surface area contributed by atoms with Crippen molar-refractivity contribution in [1.29, 1.82) is 0 Å². The van der Waals surface area contributed by atoms with Crippen molar-refractivity contribution in [2.24, 2.45) is 5.73 Å². The summed E-state index contributed by atoms with van der Waals surface area (Å²) in [7, 11) is 0. The lowest BCUT2D eigenvalue weighted by molar-refractivity contribution is -0.117. The molecule has 0 unspecified atom stereocenters. The Morgan fingerprint density at radius 1 is 1.41 bits per heavy atom. The fraction of sp³-hybridized carbons (Fsp3) is 0.333. The zero-order chi connectivity index (χ0) is 12.3. The van der Waals surface area contributed by atoms with Gasteiger partial charge >= 0.3 is 0 Å². The number of nitrogens with one attached hydrogen (secondary N) is 2. The van der Waals surface area contributed by atoms with Crippen LogP contribution in [0.2, 0.25) is 0 Å². The first-order valence-electron chi connectivity index (χ1n) is 5.61. The van der Waals surface area contributed by atoms with Crippen LogP contribution in [0.15, 0.2) is 18.2 Å². The van der Waals surface area contributed by atoms with Crippen LogP contribution in [0.4, 0.5) is 5.69 Å². The van der Waals surface area contributed by atoms with E-state index in [2.05, 4.69) is 10.6 Å². The monoisotopic (exact) mass is 233 g/mol. The van der Waals surface area contributed by atoms with Crippen molar-refractivity contribution < 1.29 is 9.59 Å². The summed E-state index contributed by atoms with van der Waals surface area (Å²) in [5.41, 5.74) is 7.58. The molecule has 0 aliphatic carbocycles. The van der Waals surface area contributed by atoms with Crippen LogP contribution in [0.3, 0.4) is 0 Å². The number of rotatable bonds is 3. The molecule has 4 N–H and O–H groups in total. The van der Waals surface area contributed by atoms with Gasteiger partial charge in [-0.05, 0) is 24.5 Å². The number of hydrogen-bond acceptors (Lipinski definition) is 3. The number of carbonyl (C=O) groups excluding carboxylic acids is 2. The molecule has 1 aliphatic heterocycles. The lowest BCUT2D eigenvalue weighted by Crippen LogP contribution is -2.34. The number of anilines is 1. The van der Waals surface area contributed by atoms with Crippen LogP contribution in [-0.4, -0.2) is 24.9 Å². The molecule has 0 radical (unpaired) electrons. The van der Waals surface area contributed by atoms with E-state index < -0.39 is 5.91 Å². The largest absolute Gasteiger partial charge is 0.384 e. The third kappa shape index (κ3) is 2.55. The number of primary amides is 1. The first-order valence-corrected chi connectivity index (χ1v) is 5.61.